The standard InChI is InChI=1S/C20H34O8/c1-25-17(21)11-5-3-9-15-27-19(23)13-7-8-14-20(24)28-16-10-4-6-12-18(22)26-2/h3-16H2,1-2H3. The highest BCUT2D eigenvalue weighted by Gasteiger charge is 2.07. The van der Waals surface area contributed by atoms with Gasteiger partial charge in [-0.25, -0.2) is 0 Å². The number of carbonyl (C=O) groups is 4. The predicted octanol–water partition coefficient (Wildman–Crippen LogP) is 3.10. The predicted molar refractivity (Wildman–Crippen MR) is 101 cm³/mol. The lowest BCUT2D eigenvalue weighted by Gasteiger charge is -2.06. The molecular weight excluding hydrogens is 368 g/mol. The summed E-state index contributed by atoms with van der Waals surface area (Å²) in [5, 5.41) is 0. The van der Waals surface area contributed by atoms with E-state index in [0.717, 1.165) is 25.7 Å². The van der Waals surface area contributed by atoms with Crippen molar-refractivity contribution in [2.24, 2.45) is 0 Å². The van der Waals surface area contributed by atoms with E-state index in [4.69, 9.17) is 9.47 Å². The SMILES string of the molecule is COC(=O)CCCCCOC(=O)CCCCC(=O)OCCCCCC(=O)OC. The minimum absolute atomic E-state index is 0.228. The van der Waals surface area contributed by atoms with Crippen LogP contribution in [0.25, 0.3) is 0 Å². The van der Waals surface area contributed by atoms with E-state index in [1.54, 1.807) is 0 Å². The quantitative estimate of drug-likeness (QED) is 0.208. The normalized spacial score (nSPS) is 10.2. The molecule has 0 fully saturated rings. The third-order valence-electron chi connectivity index (χ3n) is 4.04. The summed E-state index contributed by atoms with van der Waals surface area (Å²) in [5.74, 6) is -0.998. The molecule has 0 spiro atoms. The van der Waals surface area contributed by atoms with Crippen LogP contribution in [0.3, 0.4) is 0 Å². The summed E-state index contributed by atoms with van der Waals surface area (Å²) in [6.45, 7) is 0.691. The number of methoxy groups -OCH3 is 2. The summed E-state index contributed by atoms with van der Waals surface area (Å²) >= 11 is 0. The number of hydrogen-bond acceptors (Lipinski definition) is 8. The topological polar surface area (TPSA) is 105 Å². The van der Waals surface area contributed by atoms with Gasteiger partial charge in [-0.2, -0.15) is 0 Å². The molecule has 0 aliphatic heterocycles. The summed E-state index contributed by atoms with van der Waals surface area (Å²) in [7, 11) is 2.72. The Morgan fingerprint density at radius 1 is 0.464 bits per heavy atom. The van der Waals surface area contributed by atoms with Gasteiger partial charge in [0, 0.05) is 25.7 Å². The Bertz CT molecular complexity index is 419. The summed E-state index contributed by atoms with van der Waals surface area (Å²) < 4.78 is 19.3. The van der Waals surface area contributed by atoms with Crippen molar-refractivity contribution in [3.63, 3.8) is 0 Å². The van der Waals surface area contributed by atoms with Crippen LogP contribution in [-0.2, 0) is 38.1 Å². The number of rotatable bonds is 17. The molecule has 0 heterocycles. The first-order valence-corrected chi connectivity index (χ1v) is 9.94. The van der Waals surface area contributed by atoms with Gasteiger partial charge in [0.05, 0.1) is 27.4 Å². The number of hydrogen-bond donors (Lipinski definition) is 0. The maximum Gasteiger partial charge on any atom is 0.305 e. The van der Waals surface area contributed by atoms with Crippen LogP contribution in [0.2, 0.25) is 0 Å². The monoisotopic (exact) mass is 402 g/mol. The number of esters is 4. The minimum Gasteiger partial charge on any atom is -0.469 e. The Morgan fingerprint density at radius 3 is 1.14 bits per heavy atom. The van der Waals surface area contributed by atoms with Crippen LogP contribution in [0.5, 0.6) is 0 Å². The zero-order chi connectivity index (χ0) is 21.0. The van der Waals surface area contributed by atoms with E-state index in [1.807, 2.05) is 0 Å². The molecule has 8 nitrogen and oxygen atoms in total. The van der Waals surface area contributed by atoms with Gasteiger partial charge in [-0.3, -0.25) is 19.2 Å². The van der Waals surface area contributed by atoms with E-state index >= 15 is 0 Å². The molecule has 0 aromatic heterocycles. The highest BCUT2D eigenvalue weighted by atomic mass is 16.5. The Kier molecular flexibility index (Phi) is 16.9. The lowest BCUT2D eigenvalue weighted by atomic mass is 10.2. The van der Waals surface area contributed by atoms with Crippen molar-refractivity contribution >= 4 is 23.9 Å². The molecule has 28 heavy (non-hydrogen) atoms. The first-order chi connectivity index (χ1) is 13.5. The van der Waals surface area contributed by atoms with E-state index in [9.17, 15) is 19.2 Å². The van der Waals surface area contributed by atoms with Crippen molar-refractivity contribution in [2.75, 3.05) is 27.4 Å². The summed E-state index contributed by atoms with van der Waals surface area (Å²) in [6, 6.07) is 0. The fourth-order valence-electron chi connectivity index (χ4n) is 2.36. The molecular formula is C20H34O8. The maximum atomic E-state index is 11.6. The minimum atomic E-state index is -0.271. The zero-order valence-electron chi connectivity index (χ0n) is 17.2. The van der Waals surface area contributed by atoms with Crippen LogP contribution in [0, 0.1) is 0 Å². The van der Waals surface area contributed by atoms with E-state index < -0.39 is 0 Å². The summed E-state index contributed by atoms with van der Waals surface area (Å²) in [4.78, 5) is 45.0. The average molecular weight is 402 g/mol. The van der Waals surface area contributed by atoms with Crippen molar-refractivity contribution in [3.8, 4) is 0 Å². The molecule has 0 aliphatic carbocycles. The molecule has 0 rings (SSSR count). The Balaban J connectivity index is 3.41. The molecule has 0 N–H and O–H groups in total. The van der Waals surface area contributed by atoms with Crippen LogP contribution in [0.15, 0.2) is 0 Å². The highest BCUT2D eigenvalue weighted by molar-refractivity contribution is 5.70. The Hall–Kier alpha value is -2.12. The van der Waals surface area contributed by atoms with Gasteiger partial charge in [0.1, 0.15) is 0 Å². The van der Waals surface area contributed by atoms with Crippen LogP contribution < -0.4 is 0 Å². The first-order valence-electron chi connectivity index (χ1n) is 9.94. The highest BCUT2D eigenvalue weighted by Crippen LogP contribution is 2.06. The first kappa shape index (κ1) is 25.9. The summed E-state index contributed by atoms with van der Waals surface area (Å²) in [6.07, 6.45) is 6.96. The molecule has 0 saturated heterocycles. The number of carbonyl (C=O) groups excluding carboxylic acids is 4. The lowest BCUT2D eigenvalue weighted by Crippen LogP contribution is -2.08. The van der Waals surface area contributed by atoms with Crippen molar-refractivity contribution in [1.29, 1.82) is 0 Å². The van der Waals surface area contributed by atoms with Crippen molar-refractivity contribution in [1.82, 2.24) is 0 Å². The summed E-state index contributed by atoms with van der Waals surface area (Å²) in [5.41, 5.74) is 0. The van der Waals surface area contributed by atoms with Gasteiger partial charge in [0.15, 0.2) is 0 Å². The second kappa shape index (κ2) is 18.3. The third-order valence-corrected chi connectivity index (χ3v) is 4.04. The maximum absolute atomic E-state index is 11.6. The molecule has 0 amide bonds. The van der Waals surface area contributed by atoms with Gasteiger partial charge in [-0.15, -0.1) is 0 Å². The molecule has 0 aliphatic rings. The fraction of sp³-hybridized carbons (Fsp3) is 0.800. The molecule has 0 aromatic carbocycles. The molecule has 0 aromatic rings. The van der Waals surface area contributed by atoms with Gasteiger partial charge in [0.25, 0.3) is 0 Å². The largest absolute Gasteiger partial charge is 0.469 e. The zero-order valence-corrected chi connectivity index (χ0v) is 17.2. The van der Waals surface area contributed by atoms with Crippen molar-refractivity contribution in [2.45, 2.75) is 77.0 Å². The molecule has 0 radical (unpaired) electrons. The molecule has 0 unspecified atom stereocenters. The van der Waals surface area contributed by atoms with Gasteiger partial charge >= 0.3 is 23.9 Å². The fourth-order valence-corrected chi connectivity index (χ4v) is 2.36. The van der Waals surface area contributed by atoms with Crippen molar-refractivity contribution < 1.29 is 38.1 Å². The Morgan fingerprint density at radius 2 is 0.786 bits per heavy atom. The van der Waals surface area contributed by atoms with E-state index in [2.05, 4.69) is 9.47 Å². The van der Waals surface area contributed by atoms with Crippen LogP contribution >= 0.6 is 0 Å². The van der Waals surface area contributed by atoms with Gasteiger partial charge in [-0.1, -0.05) is 0 Å². The Labute approximate surface area is 167 Å². The van der Waals surface area contributed by atoms with E-state index in [-0.39, 0.29) is 36.7 Å². The van der Waals surface area contributed by atoms with Crippen LogP contribution in [0.4, 0.5) is 0 Å². The second-order valence-corrected chi connectivity index (χ2v) is 6.42. The molecule has 0 atom stereocenters. The molecule has 8 heteroatoms. The van der Waals surface area contributed by atoms with Gasteiger partial charge < -0.3 is 18.9 Å². The smallest absolute Gasteiger partial charge is 0.305 e. The molecule has 0 bridgehead atoms. The third kappa shape index (κ3) is 17.3. The second-order valence-electron chi connectivity index (χ2n) is 6.42. The van der Waals surface area contributed by atoms with Gasteiger partial charge in [-0.05, 0) is 51.4 Å². The number of ether oxygens (including phenoxy) is 4. The number of unbranched alkanes of at least 4 members (excludes halogenated alkanes) is 5. The molecule has 0 saturated carbocycles. The van der Waals surface area contributed by atoms with Crippen LogP contribution in [-0.4, -0.2) is 51.3 Å². The lowest BCUT2D eigenvalue weighted by molar-refractivity contribution is -0.146. The molecule has 162 valence electrons. The van der Waals surface area contributed by atoms with Crippen molar-refractivity contribution in [3.05, 3.63) is 0 Å². The average Bonchev–Trinajstić information content (AvgIpc) is 2.69. The van der Waals surface area contributed by atoms with Crippen LogP contribution in [0.1, 0.15) is 77.0 Å². The van der Waals surface area contributed by atoms with Gasteiger partial charge in [0.2, 0.25) is 0 Å². The van der Waals surface area contributed by atoms with E-state index in [0.29, 0.717) is 51.7 Å². The van der Waals surface area contributed by atoms with E-state index in [1.165, 1.54) is 14.2 Å².